The van der Waals surface area contributed by atoms with E-state index >= 15 is 0 Å². The van der Waals surface area contributed by atoms with Gasteiger partial charge in [-0.2, -0.15) is 0 Å². The molecule has 0 bridgehead atoms. The van der Waals surface area contributed by atoms with E-state index in [1.54, 1.807) is 0 Å². The molecule has 2 aliphatic heterocycles. The Bertz CT molecular complexity index is 350. The molecule has 3 N–H and O–H groups in total. The number of carboxylic acids is 1. The highest BCUT2D eigenvalue weighted by atomic mass is 16.5. The van der Waals surface area contributed by atoms with Gasteiger partial charge in [0.1, 0.15) is 0 Å². The van der Waals surface area contributed by atoms with E-state index in [2.05, 4.69) is 15.5 Å². The topological polar surface area (TPSA) is 90.9 Å². The summed E-state index contributed by atoms with van der Waals surface area (Å²) in [6, 6.07) is 0. The van der Waals surface area contributed by atoms with Crippen molar-refractivity contribution >= 4 is 11.9 Å². The molecule has 0 atom stereocenters. The maximum Gasteiger partial charge on any atom is 0.311 e. The van der Waals surface area contributed by atoms with E-state index in [1.807, 2.05) is 0 Å². The first-order valence-corrected chi connectivity index (χ1v) is 7.13. The van der Waals surface area contributed by atoms with Gasteiger partial charge in [0.05, 0.1) is 12.0 Å². The summed E-state index contributed by atoms with van der Waals surface area (Å²) >= 11 is 0. The molecule has 114 valence electrons. The zero-order valence-corrected chi connectivity index (χ0v) is 11.7. The molecule has 7 heteroatoms. The molecular formula is C13H23N3O4. The third-order valence-electron chi connectivity index (χ3n) is 4.10. The van der Waals surface area contributed by atoms with Crippen molar-refractivity contribution in [3.63, 3.8) is 0 Å². The second-order valence-electron chi connectivity index (χ2n) is 5.50. The third kappa shape index (κ3) is 3.91. The van der Waals surface area contributed by atoms with E-state index in [0.29, 0.717) is 32.6 Å². The lowest BCUT2D eigenvalue weighted by atomic mass is 9.80. The number of hydrogen-bond donors (Lipinski definition) is 3. The lowest BCUT2D eigenvalue weighted by Crippen LogP contribution is -2.51. The van der Waals surface area contributed by atoms with Crippen LogP contribution in [0.3, 0.4) is 0 Å². The summed E-state index contributed by atoms with van der Waals surface area (Å²) in [5.74, 6) is -0.942. The number of nitrogens with one attached hydrogen (secondary N) is 2. The van der Waals surface area contributed by atoms with Gasteiger partial charge in [-0.05, 0) is 12.8 Å². The van der Waals surface area contributed by atoms with Crippen LogP contribution in [0.5, 0.6) is 0 Å². The minimum atomic E-state index is -0.864. The second-order valence-corrected chi connectivity index (χ2v) is 5.50. The van der Waals surface area contributed by atoms with Crippen molar-refractivity contribution in [1.82, 2.24) is 15.5 Å². The van der Waals surface area contributed by atoms with Crippen LogP contribution in [-0.4, -0.2) is 74.4 Å². The SMILES string of the molecule is O=C(CN1CCNCC1)NCC1(C(=O)O)CCOCC1. The molecule has 2 rings (SSSR count). The zero-order chi connectivity index (χ0) is 14.4. The fraction of sp³-hybridized carbons (Fsp3) is 0.846. The van der Waals surface area contributed by atoms with Gasteiger partial charge in [-0.25, -0.2) is 0 Å². The summed E-state index contributed by atoms with van der Waals surface area (Å²) in [5.41, 5.74) is -0.864. The van der Waals surface area contributed by atoms with Crippen LogP contribution in [0.25, 0.3) is 0 Å². The van der Waals surface area contributed by atoms with Gasteiger partial charge in [0.2, 0.25) is 5.91 Å². The molecule has 0 aromatic heterocycles. The quantitative estimate of drug-likeness (QED) is 0.593. The van der Waals surface area contributed by atoms with E-state index in [9.17, 15) is 14.7 Å². The smallest absolute Gasteiger partial charge is 0.311 e. The van der Waals surface area contributed by atoms with Crippen LogP contribution < -0.4 is 10.6 Å². The van der Waals surface area contributed by atoms with Crippen molar-refractivity contribution in [3.05, 3.63) is 0 Å². The standard InChI is InChI=1S/C13H23N3O4/c17-11(9-16-5-3-14-4-6-16)15-10-13(12(18)19)1-7-20-8-2-13/h14H,1-10H2,(H,15,17)(H,18,19). The fourth-order valence-corrected chi connectivity index (χ4v) is 2.62. The maximum atomic E-state index is 11.9. The molecule has 1 amide bonds. The molecule has 2 heterocycles. The molecule has 0 aliphatic carbocycles. The molecule has 0 spiro atoms. The number of hydrogen-bond acceptors (Lipinski definition) is 5. The Kier molecular flexibility index (Phi) is 5.33. The van der Waals surface area contributed by atoms with E-state index in [1.165, 1.54) is 0 Å². The third-order valence-corrected chi connectivity index (χ3v) is 4.10. The highest BCUT2D eigenvalue weighted by Crippen LogP contribution is 2.29. The summed E-state index contributed by atoms with van der Waals surface area (Å²) in [6.45, 7) is 4.91. The lowest BCUT2D eigenvalue weighted by molar-refractivity contribution is -0.154. The van der Waals surface area contributed by atoms with Crippen LogP contribution in [0.2, 0.25) is 0 Å². The van der Waals surface area contributed by atoms with Crippen molar-refractivity contribution in [2.45, 2.75) is 12.8 Å². The molecule has 0 radical (unpaired) electrons. The summed E-state index contributed by atoms with van der Waals surface area (Å²) in [6.07, 6.45) is 0.909. The van der Waals surface area contributed by atoms with Crippen molar-refractivity contribution in [2.75, 3.05) is 52.5 Å². The van der Waals surface area contributed by atoms with Gasteiger partial charge >= 0.3 is 5.97 Å². The summed E-state index contributed by atoms with van der Waals surface area (Å²) in [5, 5.41) is 15.4. The normalized spacial score (nSPS) is 23.2. The Morgan fingerprint density at radius 3 is 2.50 bits per heavy atom. The van der Waals surface area contributed by atoms with Crippen LogP contribution >= 0.6 is 0 Å². The molecule has 0 unspecified atom stereocenters. The molecule has 0 saturated carbocycles. The number of amides is 1. The molecule has 2 aliphatic rings. The summed E-state index contributed by atoms with van der Waals surface area (Å²) in [4.78, 5) is 25.4. The van der Waals surface area contributed by atoms with Gasteiger partial charge in [0, 0.05) is 45.9 Å². The van der Waals surface area contributed by atoms with Crippen molar-refractivity contribution < 1.29 is 19.4 Å². The highest BCUT2D eigenvalue weighted by molar-refractivity contribution is 5.80. The molecule has 0 aromatic rings. The van der Waals surface area contributed by atoms with E-state index in [0.717, 1.165) is 26.2 Å². The van der Waals surface area contributed by atoms with E-state index in [4.69, 9.17) is 4.74 Å². The van der Waals surface area contributed by atoms with Gasteiger partial charge in [0.15, 0.2) is 0 Å². The van der Waals surface area contributed by atoms with Crippen LogP contribution in [0, 0.1) is 5.41 Å². The predicted octanol–water partition coefficient (Wildman–Crippen LogP) is -1.11. The van der Waals surface area contributed by atoms with Crippen LogP contribution in [0.4, 0.5) is 0 Å². The highest BCUT2D eigenvalue weighted by Gasteiger charge is 2.40. The predicted molar refractivity (Wildman–Crippen MR) is 72.4 cm³/mol. The average molecular weight is 285 g/mol. The molecule has 0 aromatic carbocycles. The number of ether oxygens (including phenoxy) is 1. The molecule has 2 fully saturated rings. The number of carboxylic acid groups (broad SMARTS) is 1. The summed E-state index contributed by atoms with van der Waals surface area (Å²) < 4.78 is 5.21. The van der Waals surface area contributed by atoms with Crippen LogP contribution in [-0.2, 0) is 14.3 Å². The van der Waals surface area contributed by atoms with Gasteiger partial charge in [0.25, 0.3) is 0 Å². The first-order chi connectivity index (χ1) is 9.62. The van der Waals surface area contributed by atoms with Crippen LogP contribution in [0.15, 0.2) is 0 Å². The van der Waals surface area contributed by atoms with Gasteiger partial charge in [-0.15, -0.1) is 0 Å². The van der Waals surface area contributed by atoms with Gasteiger partial charge in [-0.1, -0.05) is 0 Å². The van der Waals surface area contributed by atoms with E-state index in [-0.39, 0.29) is 12.5 Å². The van der Waals surface area contributed by atoms with Crippen molar-refractivity contribution in [1.29, 1.82) is 0 Å². The number of piperazine rings is 1. The molecular weight excluding hydrogens is 262 g/mol. The van der Waals surface area contributed by atoms with Gasteiger partial charge < -0.3 is 20.5 Å². The number of aliphatic carboxylic acids is 1. The molecule has 7 nitrogen and oxygen atoms in total. The first-order valence-electron chi connectivity index (χ1n) is 7.13. The van der Waals surface area contributed by atoms with Gasteiger partial charge in [-0.3, -0.25) is 14.5 Å². The van der Waals surface area contributed by atoms with Crippen molar-refractivity contribution in [3.8, 4) is 0 Å². The first kappa shape index (κ1) is 15.2. The lowest BCUT2D eigenvalue weighted by Gasteiger charge is -2.33. The largest absolute Gasteiger partial charge is 0.481 e. The van der Waals surface area contributed by atoms with Crippen LogP contribution in [0.1, 0.15) is 12.8 Å². The Labute approximate surface area is 118 Å². The Hall–Kier alpha value is -1.18. The monoisotopic (exact) mass is 285 g/mol. The average Bonchev–Trinajstić information content (AvgIpc) is 2.47. The fourth-order valence-electron chi connectivity index (χ4n) is 2.62. The minimum absolute atomic E-state index is 0.0981. The Balaban J connectivity index is 1.79. The number of rotatable bonds is 5. The Morgan fingerprint density at radius 1 is 1.25 bits per heavy atom. The van der Waals surface area contributed by atoms with E-state index < -0.39 is 11.4 Å². The number of carbonyl (C=O) groups is 2. The molecule has 2 saturated heterocycles. The minimum Gasteiger partial charge on any atom is -0.481 e. The summed E-state index contributed by atoms with van der Waals surface area (Å²) in [7, 11) is 0. The molecule has 20 heavy (non-hydrogen) atoms. The number of nitrogens with zero attached hydrogens (tertiary/aromatic N) is 1. The zero-order valence-electron chi connectivity index (χ0n) is 11.7. The number of carbonyl (C=O) groups excluding carboxylic acids is 1. The van der Waals surface area contributed by atoms with Crippen molar-refractivity contribution in [2.24, 2.45) is 5.41 Å². The second kappa shape index (κ2) is 7.01. The maximum absolute atomic E-state index is 11.9. The Morgan fingerprint density at radius 2 is 1.90 bits per heavy atom.